The molecule has 0 aliphatic heterocycles. The lowest BCUT2D eigenvalue weighted by molar-refractivity contribution is -0.138. The van der Waals surface area contributed by atoms with Gasteiger partial charge in [-0.2, -0.15) is 0 Å². The number of benzene rings is 1. The van der Waals surface area contributed by atoms with Gasteiger partial charge in [-0.1, -0.05) is 24.3 Å². The van der Waals surface area contributed by atoms with Crippen molar-refractivity contribution >= 4 is 5.97 Å². The third-order valence-corrected chi connectivity index (χ3v) is 3.63. The van der Waals surface area contributed by atoms with Gasteiger partial charge in [0.05, 0.1) is 18.6 Å². The highest BCUT2D eigenvalue weighted by molar-refractivity contribution is 5.78. The fraction of sp³-hybridized carbons (Fsp3) is 0.267. The van der Waals surface area contributed by atoms with Crippen molar-refractivity contribution < 1.29 is 14.6 Å². The van der Waals surface area contributed by atoms with Crippen molar-refractivity contribution in [1.82, 2.24) is 9.97 Å². The summed E-state index contributed by atoms with van der Waals surface area (Å²) in [7, 11) is 1.56. The summed E-state index contributed by atoms with van der Waals surface area (Å²) < 4.78 is 5.26. The molecule has 5 nitrogen and oxygen atoms in total. The van der Waals surface area contributed by atoms with Crippen molar-refractivity contribution in [2.24, 2.45) is 5.92 Å². The molecule has 2 atom stereocenters. The summed E-state index contributed by atoms with van der Waals surface area (Å²) in [5, 5.41) is 9.10. The van der Waals surface area contributed by atoms with Crippen LogP contribution in [-0.4, -0.2) is 28.2 Å². The Labute approximate surface area is 116 Å². The molecule has 1 aromatic heterocycles. The largest absolute Gasteiger partial charge is 0.481 e. The number of methoxy groups -OCH3 is 1. The van der Waals surface area contributed by atoms with Crippen LogP contribution in [0.1, 0.15) is 17.9 Å². The Morgan fingerprint density at radius 1 is 1.35 bits per heavy atom. The molecule has 0 spiro atoms. The Bertz CT molecular complexity index is 657. The molecule has 2 aromatic rings. The third-order valence-electron chi connectivity index (χ3n) is 3.63. The van der Waals surface area contributed by atoms with Crippen LogP contribution in [0, 0.1) is 5.92 Å². The number of carbonyl (C=O) groups is 1. The van der Waals surface area contributed by atoms with Crippen LogP contribution in [0.25, 0.3) is 11.1 Å². The average Bonchev–Trinajstić information content (AvgIpc) is 3.28. The van der Waals surface area contributed by atoms with Crippen LogP contribution >= 0.6 is 0 Å². The van der Waals surface area contributed by atoms with E-state index in [-0.39, 0.29) is 11.8 Å². The van der Waals surface area contributed by atoms with Crippen molar-refractivity contribution in [3.63, 3.8) is 0 Å². The minimum absolute atomic E-state index is 0.0635. The van der Waals surface area contributed by atoms with E-state index in [0.717, 1.165) is 16.7 Å². The maximum Gasteiger partial charge on any atom is 0.307 e. The standard InChI is InChI=1S/C15H14N2O3/c1-20-14-13(7-16-8-17-14)10-5-3-2-4-9(10)11-6-12(11)15(18)19/h2-5,7-8,11-12H,6H2,1H3,(H,18,19)/t11-,12+/m0/s1. The van der Waals surface area contributed by atoms with Crippen molar-refractivity contribution in [2.45, 2.75) is 12.3 Å². The molecular formula is C15H14N2O3. The molecule has 5 heteroatoms. The number of aromatic nitrogens is 2. The topological polar surface area (TPSA) is 72.3 Å². The number of nitrogens with zero attached hydrogens (tertiary/aromatic N) is 2. The highest BCUT2D eigenvalue weighted by Gasteiger charge is 2.45. The molecule has 1 fully saturated rings. The number of hydrogen-bond acceptors (Lipinski definition) is 4. The monoisotopic (exact) mass is 270 g/mol. The van der Waals surface area contributed by atoms with Gasteiger partial charge in [-0.15, -0.1) is 0 Å². The Morgan fingerprint density at radius 3 is 2.85 bits per heavy atom. The first kappa shape index (κ1) is 12.6. The Morgan fingerprint density at radius 2 is 2.15 bits per heavy atom. The zero-order valence-corrected chi connectivity index (χ0v) is 11.0. The third kappa shape index (κ3) is 2.11. The summed E-state index contributed by atoms with van der Waals surface area (Å²) in [5.41, 5.74) is 2.76. The van der Waals surface area contributed by atoms with Gasteiger partial charge in [-0.25, -0.2) is 9.97 Å². The van der Waals surface area contributed by atoms with E-state index < -0.39 is 5.97 Å². The van der Waals surface area contributed by atoms with E-state index in [9.17, 15) is 4.79 Å². The predicted molar refractivity (Wildman–Crippen MR) is 72.5 cm³/mol. The fourth-order valence-electron chi connectivity index (χ4n) is 2.54. The quantitative estimate of drug-likeness (QED) is 0.923. The summed E-state index contributed by atoms with van der Waals surface area (Å²) in [6.07, 6.45) is 3.81. The maximum atomic E-state index is 11.1. The molecule has 1 N–H and O–H groups in total. The van der Waals surface area contributed by atoms with Crippen LogP contribution in [0.3, 0.4) is 0 Å². The minimum atomic E-state index is -0.735. The van der Waals surface area contributed by atoms with Crippen LogP contribution in [0.15, 0.2) is 36.8 Å². The molecule has 0 saturated heterocycles. The second-order valence-electron chi connectivity index (χ2n) is 4.82. The normalized spacial score (nSPS) is 20.4. The molecule has 1 aromatic carbocycles. The summed E-state index contributed by atoms with van der Waals surface area (Å²) in [5.74, 6) is -0.457. The summed E-state index contributed by atoms with van der Waals surface area (Å²) in [6, 6.07) is 7.76. The smallest absolute Gasteiger partial charge is 0.307 e. The van der Waals surface area contributed by atoms with Crippen molar-refractivity contribution in [2.75, 3.05) is 7.11 Å². The summed E-state index contributed by atoms with van der Waals surface area (Å²) in [4.78, 5) is 19.2. The highest BCUT2D eigenvalue weighted by atomic mass is 16.5. The van der Waals surface area contributed by atoms with Crippen molar-refractivity contribution in [1.29, 1.82) is 0 Å². The Hall–Kier alpha value is -2.43. The van der Waals surface area contributed by atoms with Crippen LogP contribution in [0.2, 0.25) is 0 Å². The maximum absolute atomic E-state index is 11.1. The number of carboxylic acid groups (broad SMARTS) is 1. The van der Waals surface area contributed by atoms with Gasteiger partial charge >= 0.3 is 5.97 Å². The van der Waals surface area contributed by atoms with Gasteiger partial charge in [0.1, 0.15) is 6.33 Å². The number of carboxylic acids is 1. The van der Waals surface area contributed by atoms with E-state index in [1.54, 1.807) is 13.3 Å². The first-order valence-corrected chi connectivity index (χ1v) is 6.38. The van der Waals surface area contributed by atoms with Crippen LogP contribution in [0.4, 0.5) is 0 Å². The first-order chi connectivity index (χ1) is 9.72. The Balaban J connectivity index is 2.05. The summed E-state index contributed by atoms with van der Waals surface area (Å²) >= 11 is 0. The molecule has 20 heavy (non-hydrogen) atoms. The van der Waals surface area contributed by atoms with E-state index in [1.165, 1.54) is 6.33 Å². The van der Waals surface area contributed by atoms with Gasteiger partial charge in [0.25, 0.3) is 0 Å². The summed E-state index contributed by atoms with van der Waals surface area (Å²) in [6.45, 7) is 0. The molecule has 3 rings (SSSR count). The lowest BCUT2D eigenvalue weighted by atomic mass is 9.97. The second-order valence-corrected chi connectivity index (χ2v) is 4.82. The molecule has 0 bridgehead atoms. The van der Waals surface area contributed by atoms with Gasteiger partial charge < -0.3 is 9.84 Å². The second kappa shape index (κ2) is 4.92. The minimum Gasteiger partial charge on any atom is -0.481 e. The van der Waals surface area contributed by atoms with E-state index in [4.69, 9.17) is 9.84 Å². The number of ether oxygens (including phenoxy) is 1. The highest BCUT2D eigenvalue weighted by Crippen LogP contribution is 2.50. The van der Waals surface area contributed by atoms with Crippen LogP contribution in [-0.2, 0) is 4.79 Å². The fourth-order valence-corrected chi connectivity index (χ4v) is 2.54. The van der Waals surface area contributed by atoms with Crippen molar-refractivity contribution in [3.05, 3.63) is 42.4 Å². The number of aliphatic carboxylic acids is 1. The Kier molecular flexibility index (Phi) is 3.10. The molecule has 102 valence electrons. The van der Waals surface area contributed by atoms with E-state index in [0.29, 0.717) is 12.3 Å². The van der Waals surface area contributed by atoms with Crippen LogP contribution in [0.5, 0.6) is 5.88 Å². The van der Waals surface area contributed by atoms with Gasteiger partial charge in [-0.05, 0) is 23.5 Å². The molecule has 1 aliphatic carbocycles. The van der Waals surface area contributed by atoms with Crippen molar-refractivity contribution in [3.8, 4) is 17.0 Å². The first-order valence-electron chi connectivity index (χ1n) is 6.38. The molecule has 1 saturated carbocycles. The molecule has 1 heterocycles. The molecular weight excluding hydrogens is 256 g/mol. The van der Waals surface area contributed by atoms with Gasteiger partial charge in [-0.3, -0.25) is 4.79 Å². The van der Waals surface area contributed by atoms with Crippen LogP contribution < -0.4 is 4.74 Å². The van der Waals surface area contributed by atoms with Gasteiger partial charge in [0.2, 0.25) is 5.88 Å². The lowest BCUT2D eigenvalue weighted by Gasteiger charge is -2.11. The van der Waals surface area contributed by atoms with Gasteiger partial charge in [0, 0.05) is 6.20 Å². The van der Waals surface area contributed by atoms with E-state index in [1.807, 2.05) is 24.3 Å². The van der Waals surface area contributed by atoms with Gasteiger partial charge in [0.15, 0.2) is 0 Å². The zero-order valence-electron chi connectivity index (χ0n) is 11.0. The molecule has 1 aliphatic rings. The van der Waals surface area contributed by atoms with E-state index in [2.05, 4.69) is 9.97 Å². The SMILES string of the molecule is COc1ncncc1-c1ccccc1[C@@H]1C[C@H]1C(=O)O. The molecule has 0 amide bonds. The predicted octanol–water partition coefficient (Wildman–Crippen LogP) is 2.34. The zero-order chi connectivity index (χ0) is 14.1. The number of rotatable bonds is 4. The number of hydrogen-bond donors (Lipinski definition) is 1. The average molecular weight is 270 g/mol. The molecule has 0 radical (unpaired) electrons. The van der Waals surface area contributed by atoms with E-state index >= 15 is 0 Å². The lowest BCUT2D eigenvalue weighted by Crippen LogP contribution is -2.00. The molecule has 0 unspecified atom stereocenters.